The summed E-state index contributed by atoms with van der Waals surface area (Å²) in [6, 6.07) is 6.07. The molecule has 1 aromatic carbocycles. The van der Waals surface area contributed by atoms with Crippen LogP contribution >= 0.6 is 0 Å². The summed E-state index contributed by atoms with van der Waals surface area (Å²) in [7, 11) is 0. The van der Waals surface area contributed by atoms with Crippen molar-refractivity contribution in [2.45, 2.75) is 19.8 Å². The minimum absolute atomic E-state index is 0.0931. The van der Waals surface area contributed by atoms with Crippen molar-refractivity contribution in [3.05, 3.63) is 50.4 Å². The number of hydrogen-bond donors (Lipinski definition) is 0. The van der Waals surface area contributed by atoms with Crippen molar-refractivity contribution in [1.82, 2.24) is 0 Å². The Morgan fingerprint density at radius 2 is 1.76 bits per heavy atom. The zero-order chi connectivity index (χ0) is 15.7. The third kappa shape index (κ3) is 2.45. The highest BCUT2D eigenvalue weighted by Gasteiger charge is 2.35. The van der Waals surface area contributed by atoms with Gasteiger partial charge in [-0.2, -0.15) is 0 Å². The van der Waals surface area contributed by atoms with Crippen LogP contribution in [-0.4, -0.2) is 16.5 Å². The van der Waals surface area contributed by atoms with Crippen molar-refractivity contribution in [2.24, 2.45) is 0 Å². The predicted molar refractivity (Wildman–Crippen MR) is 73.2 cm³/mol. The molecule has 21 heavy (non-hydrogen) atoms. The van der Waals surface area contributed by atoms with Crippen LogP contribution in [0.2, 0.25) is 0 Å². The highest BCUT2D eigenvalue weighted by Crippen LogP contribution is 2.32. The number of benzene rings is 1. The fraction of sp³-hybridized carbons (Fsp3) is 0.214. The minimum Gasteiger partial charge on any atom is -0.418 e. The molecule has 0 unspecified atom stereocenters. The molecule has 2 aromatic rings. The van der Waals surface area contributed by atoms with Crippen molar-refractivity contribution < 1.29 is 18.9 Å². The van der Waals surface area contributed by atoms with Gasteiger partial charge in [-0.3, -0.25) is 19.7 Å². The Morgan fingerprint density at radius 3 is 2.29 bits per heavy atom. The number of Topliss-reactive ketones (excluding diaryl/α,β-unsaturated/α-hetero) is 2. The van der Waals surface area contributed by atoms with E-state index in [2.05, 4.69) is 0 Å². The van der Waals surface area contributed by atoms with Crippen LogP contribution in [0.3, 0.4) is 0 Å². The first-order valence-electron chi connectivity index (χ1n) is 6.05. The standard InChI is InChI=1S/C14H11NO6/c1-7(16)11(8(2)17)12-9-5-3-4-6-10(9)21-14(18)13(12)15(19)20/h3-6,11H,1-2H3. The van der Waals surface area contributed by atoms with E-state index in [1.165, 1.54) is 12.1 Å². The number of rotatable bonds is 4. The van der Waals surface area contributed by atoms with Gasteiger partial charge in [0.15, 0.2) is 0 Å². The van der Waals surface area contributed by atoms with Crippen LogP contribution in [-0.2, 0) is 9.59 Å². The SMILES string of the molecule is CC(=O)C(C(C)=O)c1c([N+](=O)[O-])c(=O)oc2ccccc12. The van der Waals surface area contributed by atoms with Crippen molar-refractivity contribution in [2.75, 3.05) is 0 Å². The van der Waals surface area contributed by atoms with Gasteiger partial charge < -0.3 is 4.42 Å². The van der Waals surface area contributed by atoms with Crippen molar-refractivity contribution in [1.29, 1.82) is 0 Å². The summed E-state index contributed by atoms with van der Waals surface area (Å²) in [6.45, 7) is 2.30. The quantitative estimate of drug-likeness (QED) is 0.368. The van der Waals surface area contributed by atoms with Gasteiger partial charge in [0.1, 0.15) is 23.1 Å². The van der Waals surface area contributed by atoms with E-state index in [0.717, 1.165) is 13.8 Å². The normalized spacial score (nSPS) is 10.8. The number of hydrogen-bond acceptors (Lipinski definition) is 6. The molecular formula is C14H11NO6. The average molecular weight is 289 g/mol. The zero-order valence-corrected chi connectivity index (χ0v) is 11.3. The van der Waals surface area contributed by atoms with Gasteiger partial charge in [-0.25, -0.2) is 4.79 Å². The molecular weight excluding hydrogens is 278 g/mol. The Bertz CT molecular complexity index is 806. The third-order valence-electron chi connectivity index (χ3n) is 3.11. The first-order valence-corrected chi connectivity index (χ1v) is 6.05. The lowest BCUT2D eigenvalue weighted by atomic mass is 9.88. The second kappa shape index (κ2) is 5.28. The van der Waals surface area contributed by atoms with E-state index in [0.29, 0.717) is 0 Å². The molecule has 0 radical (unpaired) electrons. The molecule has 0 atom stereocenters. The van der Waals surface area contributed by atoms with Crippen LogP contribution in [0.4, 0.5) is 5.69 Å². The second-order valence-corrected chi connectivity index (χ2v) is 4.56. The number of carbonyl (C=O) groups is 2. The van der Waals surface area contributed by atoms with Gasteiger partial charge in [0.05, 0.1) is 10.5 Å². The van der Waals surface area contributed by atoms with E-state index in [1.807, 2.05) is 0 Å². The molecule has 0 bridgehead atoms. The molecule has 7 heteroatoms. The lowest BCUT2D eigenvalue weighted by molar-refractivity contribution is -0.387. The highest BCUT2D eigenvalue weighted by molar-refractivity contribution is 6.09. The summed E-state index contributed by atoms with van der Waals surface area (Å²) < 4.78 is 4.88. The molecule has 7 nitrogen and oxygen atoms in total. The Balaban J connectivity index is 3.01. The maximum atomic E-state index is 11.8. The molecule has 108 valence electrons. The lowest BCUT2D eigenvalue weighted by Crippen LogP contribution is -2.22. The molecule has 1 heterocycles. The van der Waals surface area contributed by atoms with Crippen LogP contribution in [0.1, 0.15) is 25.3 Å². The smallest absolute Gasteiger partial charge is 0.415 e. The maximum Gasteiger partial charge on any atom is 0.415 e. The number of carbonyl (C=O) groups excluding carboxylic acids is 2. The Morgan fingerprint density at radius 1 is 1.19 bits per heavy atom. The summed E-state index contributed by atoms with van der Waals surface area (Å²) in [5.41, 5.74) is -2.16. The van der Waals surface area contributed by atoms with Gasteiger partial charge in [-0.05, 0) is 19.9 Å². The molecule has 0 saturated heterocycles. The summed E-state index contributed by atoms with van der Waals surface area (Å²) >= 11 is 0. The highest BCUT2D eigenvalue weighted by atomic mass is 16.6. The fourth-order valence-electron chi connectivity index (χ4n) is 2.32. The molecule has 0 amide bonds. The molecule has 0 spiro atoms. The van der Waals surface area contributed by atoms with Crippen molar-refractivity contribution >= 4 is 28.2 Å². The van der Waals surface area contributed by atoms with Crippen LogP contribution in [0.25, 0.3) is 11.0 Å². The first kappa shape index (κ1) is 14.6. The number of nitro groups is 1. The van der Waals surface area contributed by atoms with Gasteiger partial charge in [0, 0.05) is 5.39 Å². The molecule has 0 fully saturated rings. The Kier molecular flexibility index (Phi) is 3.66. The molecule has 0 aliphatic carbocycles. The Hall–Kier alpha value is -2.83. The van der Waals surface area contributed by atoms with E-state index >= 15 is 0 Å². The van der Waals surface area contributed by atoms with Gasteiger partial charge in [-0.15, -0.1) is 0 Å². The van der Waals surface area contributed by atoms with Crippen LogP contribution in [0, 0.1) is 10.1 Å². The lowest BCUT2D eigenvalue weighted by Gasteiger charge is -2.12. The summed E-state index contributed by atoms with van der Waals surface area (Å²) in [5, 5.41) is 11.4. The summed E-state index contributed by atoms with van der Waals surface area (Å²) in [4.78, 5) is 45.5. The van der Waals surface area contributed by atoms with Crippen LogP contribution in [0.15, 0.2) is 33.5 Å². The zero-order valence-electron chi connectivity index (χ0n) is 11.3. The van der Waals surface area contributed by atoms with E-state index in [1.54, 1.807) is 12.1 Å². The topological polar surface area (TPSA) is 107 Å². The van der Waals surface area contributed by atoms with E-state index in [4.69, 9.17) is 4.42 Å². The van der Waals surface area contributed by atoms with Crippen molar-refractivity contribution in [3.63, 3.8) is 0 Å². The average Bonchev–Trinajstić information content (AvgIpc) is 2.37. The first-order chi connectivity index (χ1) is 9.84. The van der Waals surface area contributed by atoms with Crippen LogP contribution < -0.4 is 5.63 Å². The van der Waals surface area contributed by atoms with E-state index in [-0.39, 0.29) is 16.5 Å². The predicted octanol–water partition coefficient (Wildman–Crippen LogP) is 1.96. The van der Waals surface area contributed by atoms with E-state index in [9.17, 15) is 24.5 Å². The minimum atomic E-state index is -1.36. The summed E-state index contributed by atoms with van der Waals surface area (Å²) in [5.74, 6) is -2.50. The largest absolute Gasteiger partial charge is 0.418 e. The number of ketones is 2. The maximum absolute atomic E-state index is 11.8. The monoisotopic (exact) mass is 289 g/mol. The fourth-order valence-corrected chi connectivity index (χ4v) is 2.32. The molecule has 0 aliphatic heterocycles. The number of para-hydroxylation sites is 1. The molecule has 0 aliphatic rings. The van der Waals surface area contributed by atoms with Crippen LogP contribution in [0.5, 0.6) is 0 Å². The molecule has 1 aromatic heterocycles. The van der Waals surface area contributed by atoms with E-state index < -0.39 is 33.7 Å². The number of fused-ring (bicyclic) bond motifs is 1. The van der Waals surface area contributed by atoms with Gasteiger partial charge in [0.25, 0.3) is 0 Å². The van der Waals surface area contributed by atoms with Gasteiger partial charge in [-0.1, -0.05) is 18.2 Å². The molecule has 0 N–H and O–H groups in total. The third-order valence-corrected chi connectivity index (χ3v) is 3.11. The van der Waals surface area contributed by atoms with Gasteiger partial charge >= 0.3 is 11.3 Å². The van der Waals surface area contributed by atoms with Gasteiger partial charge in [0.2, 0.25) is 0 Å². The second-order valence-electron chi connectivity index (χ2n) is 4.56. The molecule has 2 rings (SSSR count). The summed E-state index contributed by atoms with van der Waals surface area (Å²) in [6.07, 6.45) is 0. The molecule has 0 saturated carbocycles. The number of nitrogens with zero attached hydrogens (tertiary/aromatic N) is 1. The Labute approximate surface area is 118 Å². The van der Waals surface area contributed by atoms with Crippen molar-refractivity contribution in [3.8, 4) is 0 Å².